The molecule has 20 heavy (non-hydrogen) atoms. The number of guanidine groups is 1. The van der Waals surface area contributed by atoms with Crippen molar-refractivity contribution >= 4 is 11.8 Å². The van der Waals surface area contributed by atoms with E-state index >= 15 is 0 Å². The first-order chi connectivity index (χ1) is 9.76. The van der Waals surface area contributed by atoms with Crippen LogP contribution < -0.4 is 15.5 Å². The van der Waals surface area contributed by atoms with E-state index in [1.165, 1.54) is 18.4 Å². The molecule has 2 N–H and O–H groups in total. The van der Waals surface area contributed by atoms with Crippen LogP contribution in [-0.4, -0.2) is 37.1 Å². The molecular formula is C15H25N5. The Labute approximate surface area is 121 Å². The maximum absolute atomic E-state index is 4.52. The normalized spacial score (nSPS) is 15.1. The second-order valence-corrected chi connectivity index (χ2v) is 5.04. The Morgan fingerprint density at radius 1 is 1.35 bits per heavy atom. The third kappa shape index (κ3) is 4.11. The molecule has 1 aromatic rings. The van der Waals surface area contributed by atoms with E-state index in [-0.39, 0.29) is 0 Å². The molecule has 0 bridgehead atoms. The van der Waals surface area contributed by atoms with Crippen molar-refractivity contribution in [2.24, 2.45) is 4.99 Å². The second kappa shape index (κ2) is 7.12. The zero-order valence-corrected chi connectivity index (χ0v) is 12.7. The van der Waals surface area contributed by atoms with Crippen molar-refractivity contribution in [3.8, 4) is 0 Å². The highest BCUT2D eigenvalue weighted by Crippen LogP contribution is 2.18. The summed E-state index contributed by atoms with van der Waals surface area (Å²) in [6.07, 6.45) is 4.44. The lowest BCUT2D eigenvalue weighted by Crippen LogP contribution is -2.38. The lowest BCUT2D eigenvalue weighted by Gasteiger charge is -2.19. The van der Waals surface area contributed by atoms with E-state index in [1.807, 2.05) is 6.20 Å². The summed E-state index contributed by atoms with van der Waals surface area (Å²) < 4.78 is 0. The fourth-order valence-electron chi connectivity index (χ4n) is 2.06. The van der Waals surface area contributed by atoms with E-state index in [2.05, 4.69) is 51.5 Å². The number of hydrogen-bond acceptors (Lipinski definition) is 3. The summed E-state index contributed by atoms with van der Waals surface area (Å²) in [4.78, 5) is 11.0. The molecule has 0 aromatic carbocycles. The summed E-state index contributed by atoms with van der Waals surface area (Å²) >= 11 is 0. The average molecular weight is 275 g/mol. The number of hydrogen-bond donors (Lipinski definition) is 2. The Morgan fingerprint density at radius 2 is 2.10 bits per heavy atom. The average Bonchev–Trinajstić information content (AvgIpc) is 3.30. The standard InChI is InChI=1S/C15H25N5/c1-4-20(5-2)14-9-6-12(10-17-14)11-18-15(16-3)19-13-7-8-13/h6,9-10,13H,4-5,7-8,11H2,1-3H3,(H2,16,18,19). The van der Waals surface area contributed by atoms with Gasteiger partial charge in [0, 0.05) is 38.9 Å². The van der Waals surface area contributed by atoms with Gasteiger partial charge in [-0.05, 0) is 38.3 Å². The van der Waals surface area contributed by atoms with Crippen LogP contribution in [0.15, 0.2) is 23.3 Å². The minimum absolute atomic E-state index is 0.615. The monoisotopic (exact) mass is 275 g/mol. The molecule has 0 aliphatic heterocycles. The zero-order valence-electron chi connectivity index (χ0n) is 12.7. The van der Waals surface area contributed by atoms with Gasteiger partial charge in [-0.3, -0.25) is 4.99 Å². The molecule has 1 heterocycles. The largest absolute Gasteiger partial charge is 0.357 e. The van der Waals surface area contributed by atoms with Crippen LogP contribution in [0.2, 0.25) is 0 Å². The fraction of sp³-hybridized carbons (Fsp3) is 0.600. The van der Waals surface area contributed by atoms with Crippen LogP contribution in [0.5, 0.6) is 0 Å². The molecular weight excluding hydrogens is 250 g/mol. The van der Waals surface area contributed by atoms with Crippen molar-refractivity contribution in [1.82, 2.24) is 15.6 Å². The van der Waals surface area contributed by atoms with Crippen LogP contribution in [0.3, 0.4) is 0 Å². The van der Waals surface area contributed by atoms with E-state index in [9.17, 15) is 0 Å². The number of rotatable bonds is 6. The highest BCUT2D eigenvalue weighted by atomic mass is 15.2. The second-order valence-electron chi connectivity index (χ2n) is 5.04. The van der Waals surface area contributed by atoms with Crippen molar-refractivity contribution < 1.29 is 0 Å². The van der Waals surface area contributed by atoms with E-state index in [0.717, 1.165) is 31.4 Å². The molecule has 1 saturated carbocycles. The number of aromatic nitrogens is 1. The first-order valence-corrected chi connectivity index (χ1v) is 7.43. The Hall–Kier alpha value is -1.78. The van der Waals surface area contributed by atoms with Crippen molar-refractivity contribution in [2.75, 3.05) is 25.0 Å². The molecule has 5 nitrogen and oxygen atoms in total. The molecule has 1 aliphatic rings. The lowest BCUT2D eigenvalue weighted by atomic mass is 10.2. The van der Waals surface area contributed by atoms with Gasteiger partial charge in [0.15, 0.2) is 5.96 Å². The van der Waals surface area contributed by atoms with Gasteiger partial charge >= 0.3 is 0 Å². The van der Waals surface area contributed by atoms with Gasteiger partial charge in [-0.1, -0.05) is 6.07 Å². The Bertz CT molecular complexity index is 432. The predicted octanol–water partition coefficient (Wildman–Crippen LogP) is 1.76. The minimum Gasteiger partial charge on any atom is -0.357 e. The quantitative estimate of drug-likeness (QED) is 0.613. The van der Waals surface area contributed by atoms with E-state index < -0.39 is 0 Å². The molecule has 5 heteroatoms. The third-order valence-electron chi connectivity index (χ3n) is 3.50. The van der Waals surface area contributed by atoms with Crippen LogP contribution in [0.4, 0.5) is 5.82 Å². The topological polar surface area (TPSA) is 52.5 Å². The van der Waals surface area contributed by atoms with Gasteiger partial charge in [0.05, 0.1) is 0 Å². The molecule has 2 rings (SSSR count). The van der Waals surface area contributed by atoms with Crippen LogP contribution in [0.1, 0.15) is 32.3 Å². The summed E-state index contributed by atoms with van der Waals surface area (Å²) in [7, 11) is 1.80. The van der Waals surface area contributed by atoms with Crippen molar-refractivity contribution in [3.63, 3.8) is 0 Å². The molecule has 0 spiro atoms. The van der Waals surface area contributed by atoms with Crippen LogP contribution >= 0.6 is 0 Å². The van der Waals surface area contributed by atoms with E-state index in [0.29, 0.717) is 6.04 Å². The summed E-state index contributed by atoms with van der Waals surface area (Å²) in [5, 5.41) is 6.69. The number of nitrogens with zero attached hydrogens (tertiary/aromatic N) is 3. The van der Waals surface area contributed by atoms with E-state index in [1.54, 1.807) is 7.05 Å². The lowest BCUT2D eigenvalue weighted by molar-refractivity contribution is 0.800. The number of nitrogens with one attached hydrogen (secondary N) is 2. The van der Waals surface area contributed by atoms with E-state index in [4.69, 9.17) is 0 Å². The van der Waals surface area contributed by atoms with Gasteiger partial charge in [-0.25, -0.2) is 4.98 Å². The smallest absolute Gasteiger partial charge is 0.191 e. The van der Waals surface area contributed by atoms with Crippen LogP contribution in [0, 0.1) is 0 Å². The number of pyridine rings is 1. The molecule has 0 radical (unpaired) electrons. The molecule has 1 aromatic heterocycles. The Morgan fingerprint density at radius 3 is 2.60 bits per heavy atom. The molecule has 1 aliphatic carbocycles. The molecule has 0 saturated heterocycles. The first-order valence-electron chi connectivity index (χ1n) is 7.43. The highest BCUT2D eigenvalue weighted by Gasteiger charge is 2.21. The first kappa shape index (κ1) is 14.6. The van der Waals surface area contributed by atoms with Gasteiger partial charge in [0.2, 0.25) is 0 Å². The molecule has 0 amide bonds. The van der Waals surface area contributed by atoms with Gasteiger partial charge in [0.25, 0.3) is 0 Å². The Balaban J connectivity index is 1.86. The molecule has 110 valence electrons. The third-order valence-corrected chi connectivity index (χ3v) is 3.50. The molecule has 1 fully saturated rings. The van der Waals surface area contributed by atoms with Gasteiger partial charge in [-0.2, -0.15) is 0 Å². The Kier molecular flexibility index (Phi) is 5.21. The van der Waals surface area contributed by atoms with Crippen molar-refractivity contribution in [1.29, 1.82) is 0 Å². The predicted molar refractivity (Wildman–Crippen MR) is 84.2 cm³/mol. The zero-order chi connectivity index (χ0) is 14.4. The van der Waals surface area contributed by atoms with Crippen LogP contribution in [0.25, 0.3) is 0 Å². The fourth-order valence-corrected chi connectivity index (χ4v) is 2.06. The summed E-state index contributed by atoms with van der Waals surface area (Å²) in [5.41, 5.74) is 1.17. The van der Waals surface area contributed by atoms with Crippen molar-refractivity contribution in [2.45, 2.75) is 39.3 Å². The van der Waals surface area contributed by atoms with Crippen molar-refractivity contribution in [3.05, 3.63) is 23.9 Å². The van der Waals surface area contributed by atoms with Gasteiger partial charge in [-0.15, -0.1) is 0 Å². The summed E-state index contributed by atoms with van der Waals surface area (Å²) in [5.74, 6) is 1.92. The van der Waals surface area contributed by atoms with Gasteiger partial charge in [0.1, 0.15) is 5.82 Å². The summed E-state index contributed by atoms with van der Waals surface area (Å²) in [6, 6.07) is 4.82. The maximum Gasteiger partial charge on any atom is 0.191 e. The highest BCUT2D eigenvalue weighted by molar-refractivity contribution is 5.80. The minimum atomic E-state index is 0.615. The molecule has 0 unspecified atom stereocenters. The number of anilines is 1. The van der Waals surface area contributed by atoms with Gasteiger partial charge < -0.3 is 15.5 Å². The SMILES string of the molecule is CCN(CC)c1ccc(CNC(=NC)NC2CC2)cn1. The van der Waals surface area contributed by atoms with Crippen LogP contribution in [-0.2, 0) is 6.54 Å². The molecule has 0 atom stereocenters. The summed E-state index contributed by atoms with van der Waals surface area (Å²) in [6.45, 7) is 7.01. The number of aliphatic imine (C=N–C) groups is 1. The maximum atomic E-state index is 4.52.